The number of hydrogen-bond acceptors (Lipinski definition) is 7. The van der Waals surface area contributed by atoms with E-state index in [9.17, 15) is 5.26 Å². The number of hydrogen-bond donors (Lipinski definition) is 4. The predicted molar refractivity (Wildman–Crippen MR) is 90.6 cm³/mol. The summed E-state index contributed by atoms with van der Waals surface area (Å²) >= 11 is 0. The van der Waals surface area contributed by atoms with Crippen LogP contribution in [0.15, 0.2) is 33.6 Å². The van der Waals surface area contributed by atoms with Crippen molar-refractivity contribution in [2.45, 2.75) is 32.2 Å². The fourth-order valence-electron chi connectivity index (χ4n) is 2.44. The minimum atomic E-state index is -0.108. The van der Waals surface area contributed by atoms with Crippen molar-refractivity contribution >= 4 is 23.1 Å². The van der Waals surface area contributed by atoms with E-state index in [4.69, 9.17) is 16.4 Å². The molecule has 0 atom stereocenters. The Morgan fingerprint density at radius 2 is 2.25 bits per heavy atom. The maximum Gasteiger partial charge on any atom is 0.218 e. The molecule has 8 nitrogen and oxygen atoms in total. The molecule has 0 radical (unpaired) electrons. The van der Waals surface area contributed by atoms with Crippen LogP contribution >= 0.6 is 0 Å². The van der Waals surface area contributed by atoms with Crippen molar-refractivity contribution in [2.75, 3.05) is 5.32 Å². The van der Waals surface area contributed by atoms with Crippen molar-refractivity contribution in [1.29, 1.82) is 10.7 Å². The zero-order valence-electron chi connectivity index (χ0n) is 13.2. The summed E-state index contributed by atoms with van der Waals surface area (Å²) in [6.07, 6.45) is 2.55. The molecule has 1 aliphatic heterocycles. The minimum Gasteiger partial charge on any atom is -0.409 e. The number of pyridine rings is 1. The van der Waals surface area contributed by atoms with Crippen molar-refractivity contribution in [3.05, 3.63) is 34.7 Å². The smallest absolute Gasteiger partial charge is 0.218 e. The van der Waals surface area contributed by atoms with Gasteiger partial charge in [0.05, 0.1) is 11.3 Å². The number of oxime groups is 1. The van der Waals surface area contributed by atoms with Crippen LogP contribution in [-0.4, -0.2) is 33.5 Å². The molecule has 24 heavy (non-hydrogen) atoms. The molecule has 1 aromatic rings. The van der Waals surface area contributed by atoms with Gasteiger partial charge in [0.2, 0.25) is 5.84 Å². The number of nitrogens with two attached hydrogens (primary N) is 1. The second kappa shape index (κ2) is 6.12. The number of nitriles is 1. The molecule has 2 heterocycles. The molecule has 122 valence electrons. The second-order valence-corrected chi connectivity index (χ2v) is 5.79. The molecule has 5 N–H and O–H groups in total. The van der Waals surface area contributed by atoms with E-state index in [0.717, 1.165) is 18.5 Å². The largest absolute Gasteiger partial charge is 0.409 e. The third-order valence-electron chi connectivity index (χ3n) is 3.97. The lowest BCUT2D eigenvalue weighted by molar-refractivity contribution is 0.319. The molecule has 8 heteroatoms. The first-order chi connectivity index (χ1) is 11.5. The molecule has 0 spiro atoms. The number of aromatic nitrogens is 1. The third kappa shape index (κ3) is 2.96. The van der Waals surface area contributed by atoms with Crippen LogP contribution in [-0.2, 0) is 6.42 Å². The quantitative estimate of drug-likeness (QED) is 0.491. The van der Waals surface area contributed by atoms with Crippen molar-refractivity contribution in [3.8, 4) is 6.07 Å². The summed E-state index contributed by atoms with van der Waals surface area (Å²) in [5.41, 5.74) is 8.59. The van der Waals surface area contributed by atoms with Gasteiger partial charge in [-0.05, 0) is 31.9 Å². The molecular formula is C16H17N7O. The first kappa shape index (κ1) is 15.7. The molecule has 1 aliphatic carbocycles. The Kier molecular flexibility index (Phi) is 4.00. The van der Waals surface area contributed by atoms with E-state index in [1.807, 2.05) is 0 Å². The number of aliphatic imine (C=N–C) groups is 1. The van der Waals surface area contributed by atoms with Gasteiger partial charge in [0.1, 0.15) is 17.6 Å². The molecule has 0 saturated heterocycles. The topological polar surface area (TPSA) is 144 Å². The first-order valence-electron chi connectivity index (χ1n) is 7.55. The van der Waals surface area contributed by atoms with Crippen LogP contribution in [0.1, 0.15) is 31.0 Å². The van der Waals surface area contributed by atoms with Crippen molar-refractivity contribution in [1.82, 2.24) is 4.98 Å². The van der Waals surface area contributed by atoms with E-state index in [1.54, 1.807) is 19.1 Å². The second-order valence-electron chi connectivity index (χ2n) is 5.79. The molecule has 0 aromatic carbocycles. The summed E-state index contributed by atoms with van der Waals surface area (Å²) in [6, 6.07) is 6.02. The Bertz CT molecular complexity index is 840. The summed E-state index contributed by atoms with van der Waals surface area (Å²) in [4.78, 5) is 8.61. The fraction of sp³-hybridized carbons (Fsp3) is 0.312. The van der Waals surface area contributed by atoms with Crippen molar-refractivity contribution in [3.63, 3.8) is 0 Å². The molecule has 0 unspecified atom stereocenters. The number of allylic oxidation sites excluding steroid dienone is 1. The van der Waals surface area contributed by atoms with Crippen LogP contribution in [0.5, 0.6) is 0 Å². The molecule has 0 amide bonds. The zero-order chi connectivity index (χ0) is 17.3. The van der Waals surface area contributed by atoms with Gasteiger partial charge in [-0.15, -0.1) is 0 Å². The van der Waals surface area contributed by atoms with Gasteiger partial charge in [-0.25, -0.2) is 9.98 Å². The fourth-order valence-corrected chi connectivity index (χ4v) is 2.44. The van der Waals surface area contributed by atoms with Crippen LogP contribution < -0.4 is 11.1 Å². The lowest BCUT2D eigenvalue weighted by Crippen LogP contribution is -2.29. The highest BCUT2D eigenvalue weighted by Gasteiger charge is 2.25. The zero-order valence-corrected chi connectivity index (χ0v) is 13.2. The number of rotatable bonds is 4. The molecule has 1 fully saturated rings. The van der Waals surface area contributed by atoms with Gasteiger partial charge in [-0.2, -0.15) is 5.26 Å². The summed E-state index contributed by atoms with van der Waals surface area (Å²) in [5, 5.41) is 32.2. The van der Waals surface area contributed by atoms with Crippen LogP contribution in [0, 0.1) is 16.7 Å². The van der Waals surface area contributed by atoms with E-state index >= 15 is 0 Å². The Balaban J connectivity index is 1.91. The Morgan fingerprint density at radius 3 is 2.88 bits per heavy atom. The number of anilines is 1. The third-order valence-corrected chi connectivity index (χ3v) is 3.97. The highest BCUT2D eigenvalue weighted by molar-refractivity contribution is 6.50. The van der Waals surface area contributed by atoms with Gasteiger partial charge >= 0.3 is 0 Å². The summed E-state index contributed by atoms with van der Waals surface area (Å²) < 4.78 is 0. The number of amidine groups is 1. The van der Waals surface area contributed by atoms with Crippen LogP contribution in [0.3, 0.4) is 0 Å². The van der Waals surface area contributed by atoms with Gasteiger partial charge < -0.3 is 16.3 Å². The Labute approximate surface area is 138 Å². The summed E-state index contributed by atoms with van der Waals surface area (Å²) in [6.45, 7) is 1.74. The highest BCUT2D eigenvalue weighted by atomic mass is 16.4. The standard InChI is InChI=1S/C16H17N7O/c1-8-12(13(18)14(19)16(20-8)23-24)6-11-3-2-9(7-17)15(22-11)21-10-4-5-10/h2-3,10,19,24H,4-6,18H2,1H3,(H,21,22)/b19-14?,23-16+. The van der Waals surface area contributed by atoms with Gasteiger partial charge in [0.15, 0.2) is 0 Å². The SMILES string of the molecule is CC1=N/C(=N/O)C(=N)C(N)=C1Cc1ccc(C#N)c(NC2CC2)n1. The van der Waals surface area contributed by atoms with E-state index in [-0.39, 0.29) is 17.2 Å². The number of nitrogens with one attached hydrogen (secondary N) is 2. The average molecular weight is 323 g/mol. The molecular weight excluding hydrogens is 306 g/mol. The molecule has 1 saturated carbocycles. The Morgan fingerprint density at radius 1 is 1.50 bits per heavy atom. The normalized spacial score (nSPS) is 19.2. The monoisotopic (exact) mass is 323 g/mol. The van der Waals surface area contributed by atoms with Gasteiger partial charge in [-0.3, -0.25) is 5.41 Å². The lowest BCUT2D eigenvalue weighted by Gasteiger charge is -2.17. The predicted octanol–water partition coefficient (Wildman–Crippen LogP) is 1.56. The minimum absolute atomic E-state index is 0.0994. The molecule has 2 aliphatic rings. The number of nitrogens with zero attached hydrogens (tertiary/aromatic N) is 4. The van der Waals surface area contributed by atoms with Crippen molar-refractivity contribution in [2.24, 2.45) is 15.9 Å². The van der Waals surface area contributed by atoms with Crippen LogP contribution in [0.25, 0.3) is 0 Å². The lowest BCUT2D eigenvalue weighted by atomic mass is 9.97. The van der Waals surface area contributed by atoms with E-state index in [1.165, 1.54) is 0 Å². The number of dihydropyridines is 1. The van der Waals surface area contributed by atoms with Gasteiger partial charge in [0, 0.05) is 29.4 Å². The van der Waals surface area contributed by atoms with Gasteiger partial charge in [0.25, 0.3) is 0 Å². The van der Waals surface area contributed by atoms with Crippen LogP contribution in [0.4, 0.5) is 5.82 Å². The van der Waals surface area contributed by atoms with E-state index < -0.39 is 0 Å². The summed E-state index contributed by atoms with van der Waals surface area (Å²) in [5.74, 6) is 0.479. The van der Waals surface area contributed by atoms with E-state index in [2.05, 4.69) is 26.5 Å². The maximum atomic E-state index is 9.20. The molecule has 1 aromatic heterocycles. The van der Waals surface area contributed by atoms with Gasteiger partial charge in [-0.1, -0.05) is 5.16 Å². The average Bonchev–Trinajstić information content (AvgIpc) is 3.39. The first-order valence-corrected chi connectivity index (χ1v) is 7.55. The molecule has 0 bridgehead atoms. The van der Waals surface area contributed by atoms with E-state index in [0.29, 0.717) is 35.1 Å². The Hall–Kier alpha value is -3.21. The highest BCUT2D eigenvalue weighted by Crippen LogP contribution is 2.26. The van der Waals surface area contributed by atoms with Crippen molar-refractivity contribution < 1.29 is 5.21 Å². The molecule has 3 rings (SSSR count). The maximum absolute atomic E-state index is 9.20. The summed E-state index contributed by atoms with van der Waals surface area (Å²) in [7, 11) is 0. The van der Waals surface area contributed by atoms with Crippen LogP contribution in [0.2, 0.25) is 0 Å².